The van der Waals surface area contributed by atoms with Gasteiger partial charge in [0.15, 0.2) is 0 Å². The molecule has 1 fully saturated rings. The molecule has 1 aliphatic heterocycles. The van der Waals surface area contributed by atoms with E-state index < -0.39 is 34.2 Å². The van der Waals surface area contributed by atoms with Gasteiger partial charge in [0.2, 0.25) is 5.91 Å². The van der Waals surface area contributed by atoms with Crippen LogP contribution < -0.4 is 10.6 Å². The van der Waals surface area contributed by atoms with Gasteiger partial charge in [-0.05, 0) is 25.8 Å². The van der Waals surface area contributed by atoms with Crippen molar-refractivity contribution < 1.29 is 29.2 Å². The lowest BCUT2D eigenvalue weighted by atomic mass is 9.80. The Kier molecular flexibility index (Phi) is 6.45. The molecule has 1 unspecified atom stereocenters. The summed E-state index contributed by atoms with van der Waals surface area (Å²) in [5.41, 5.74) is -1.27. The van der Waals surface area contributed by atoms with Crippen molar-refractivity contribution in [2.75, 3.05) is 19.8 Å². The van der Waals surface area contributed by atoms with Gasteiger partial charge in [-0.15, -0.1) is 0 Å². The van der Waals surface area contributed by atoms with Crippen LogP contribution >= 0.6 is 0 Å². The second-order valence-electron chi connectivity index (χ2n) is 6.42. The van der Waals surface area contributed by atoms with Gasteiger partial charge in [0, 0.05) is 37.5 Å². The Morgan fingerprint density at radius 3 is 2.59 bits per heavy atom. The third-order valence-corrected chi connectivity index (χ3v) is 4.56. The van der Waals surface area contributed by atoms with Crippen LogP contribution in [0.25, 0.3) is 0 Å². The number of carboxylic acids is 1. The Morgan fingerprint density at radius 1 is 1.33 bits per heavy atom. The first-order chi connectivity index (χ1) is 12.7. The molecule has 1 aliphatic rings. The smallest absolute Gasteiger partial charge is 0.311 e. The Labute approximate surface area is 155 Å². The number of carboxylic acid groups (broad SMARTS) is 1. The van der Waals surface area contributed by atoms with Crippen LogP contribution in [0.4, 0.5) is 5.69 Å². The summed E-state index contributed by atoms with van der Waals surface area (Å²) < 4.78 is 5.18. The van der Waals surface area contributed by atoms with Crippen LogP contribution in [0.2, 0.25) is 0 Å². The van der Waals surface area contributed by atoms with E-state index in [9.17, 15) is 29.6 Å². The van der Waals surface area contributed by atoms with Crippen LogP contribution in [-0.2, 0) is 14.3 Å². The molecule has 3 N–H and O–H groups in total. The van der Waals surface area contributed by atoms with Gasteiger partial charge in [0.05, 0.1) is 10.3 Å². The van der Waals surface area contributed by atoms with Gasteiger partial charge in [0.1, 0.15) is 6.04 Å². The molecule has 1 atom stereocenters. The average Bonchev–Trinajstić information content (AvgIpc) is 2.66. The second-order valence-corrected chi connectivity index (χ2v) is 6.42. The fraction of sp³-hybridized carbons (Fsp3) is 0.471. The predicted molar refractivity (Wildman–Crippen MR) is 93.2 cm³/mol. The van der Waals surface area contributed by atoms with E-state index >= 15 is 0 Å². The summed E-state index contributed by atoms with van der Waals surface area (Å²) in [5.74, 6) is -2.18. The molecule has 1 saturated heterocycles. The summed E-state index contributed by atoms with van der Waals surface area (Å²) in [6.07, 6.45) is 0.577. The van der Waals surface area contributed by atoms with Gasteiger partial charge < -0.3 is 20.5 Å². The van der Waals surface area contributed by atoms with Crippen LogP contribution in [0.5, 0.6) is 0 Å². The van der Waals surface area contributed by atoms with Crippen LogP contribution in [0.3, 0.4) is 0 Å². The zero-order chi connectivity index (χ0) is 20.0. The summed E-state index contributed by atoms with van der Waals surface area (Å²) in [4.78, 5) is 46.2. The molecule has 10 nitrogen and oxygen atoms in total. The topological polar surface area (TPSA) is 148 Å². The third kappa shape index (κ3) is 5.00. The van der Waals surface area contributed by atoms with Crippen molar-refractivity contribution in [2.24, 2.45) is 5.41 Å². The summed E-state index contributed by atoms with van der Waals surface area (Å²) in [6, 6.07) is 4.20. The van der Waals surface area contributed by atoms with Crippen LogP contribution in [0.15, 0.2) is 24.3 Å². The first-order valence-corrected chi connectivity index (χ1v) is 8.39. The molecule has 27 heavy (non-hydrogen) atoms. The highest BCUT2D eigenvalue weighted by Crippen LogP contribution is 2.30. The van der Waals surface area contributed by atoms with Gasteiger partial charge in [-0.3, -0.25) is 24.5 Å². The molecule has 146 valence electrons. The van der Waals surface area contributed by atoms with E-state index in [2.05, 4.69) is 10.6 Å². The summed E-state index contributed by atoms with van der Waals surface area (Å²) >= 11 is 0. The fourth-order valence-corrected chi connectivity index (χ4v) is 2.74. The van der Waals surface area contributed by atoms with Gasteiger partial charge in [-0.25, -0.2) is 0 Å². The number of nitrogens with zero attached hydrogens (tertiary/aromatic N) is 1. The zero-order valence-electron chi connectivity index (χ0n) is 14.8. The molecule has 2 rings (SSSR count). The van der Waals surface area contributed by atoms with Crippen molar-refractivity contribution >= 4 is 23.5 Å². The number of nitrogens with one attached hydrogen (secondary N) is 2. The standard InChI is InChI=1S/C17H21N3O7/c1-11(19-15(22)12-3-2-4-13(9-12)20(25)26)14(21)18-10-17(16(23)24)5-7-27-8-6-17/h2-4,9,11H,5-8,10H2,1H3,(H,18,21)(H,19,22)(H,23,24). The molecule has 0 spiro atoms. The van der Waals surface area contributed by atoms with E-state index in [1.807, 2.05) is 0 Å². The largest absolute Gasteiger partial charge is 0.481 e. The second kappa shape index (κ2) is 8.58. The number of benzene rings is 1. The molecule has 0 bridgehead atoms. The van der Waals surface area contributed by atoms with Crippen LogP contribution in [0, 0.1) is 15.5 Å². The maximum absolute atomic E-state index is 12.2. The number of hydrogen-bond acceptors (Lipinski definition) is 6. The van der Waals surface area contributed by atoms with Crippen molar-refractivity contribution in [2.45, 2.75) is 25.8 Å². The molecule has 0 radical (unpaired) electrons. The summed E-state index contributed by atoms with van der Waals surface area (Å²) in [5, 5.41) is 25.3. The van der Waals surface area contributed by atoms with E-state index in [0.717, 1.165) is 6.07 Å². The first-order valence-electron chi connectivity index (χ1n) is 8.39. The Hall–Kier alpha value is -3.01. The van der Waals surface area contributed by atoms with Gasteiger partial charge in [0.25, 0.3) is 11.6 Å². The zero-order valence-corrected chi connectivity index (χ0v) is 14.8. The number of rotatable bonds is 7. The highest BCUT2D eigenvalue weighted by atomic mass is 16.6. The lowest BCUT2D eigenvalue weighted by Crippen LogP contribution is -2.51. The van der Waals surface area contributed by atoms with Gasteiger partial charge >= 0.3 is 5.97 Å². The number of amides is 2. The Morgan fingerprint density at radius 2 is 2.00 bits per heavy atom. The fourth-order valence-electron chi connectivity index (χ4n) is 2.74. The molecular formula is C17H21N3O7. The highest BCUT2D eigenvalue weighted by Gasteiger charge is 2.40. The van der Waals surface area contributed by atoms with Crippen LogP contribution in [0.1, 0.15) is 30.1 Å². The molecule has 1 aromatic carbocycles. The maximum Gasteiger partial charge on any atom is 0.311 e. The Bertz CT molecular complexity index is 744. The highest BCUT2D eigenvalue weighted by molar-refractivity contribution is 5.97. The van der Waals surface area contributed by atoms with Crippen LogP contribution in [-0.4, -0.2) is 53.6 Å². The van der Waals surface area contributed by atoms with Crippen molar-refractivity contribution in [3.8, 4) is 0 Å². The summed E-state index contributed by atoms with van der Waals surface area (Å²) in [6.45, 7) is 1.99. The SMILES string of the molecule is CC(NC(=O)c1cccc([N+](=O)[O-])c1)C(=O)NCC1(C(=O)O)CCOCC1. The van der Waals surface area contributed by atoms with E-state index in [0.29, 0.717) is 13.2 Å². The molecule has 1 heterocycles. The molecule has 10 heteroatoms. The molecule has 0 aliphatic carbocycles. The minimum absolute atomic E-state index is 0.0512. The van der Waals surface area contributed by atoms with E-state index in [1.54, 1.807) is 0 Å². The summed E-state index contributed by atoms with van der Waals surface area (Å²) in [7, 11) is 0. The van der Waals surface area contributed by atoms with Crippen molar-refractivity contribution in [1.82, 2.24) is 10.6 Å². The Balaban J connectivity index is 1.95. The number of nitro groups is 1. The number of carbonyl (C=O) groups is 3. The monoisotopic (exact) mass is 379 g/mol. The van der Waals surface area contributed by atoms with Crippen molar-refractivity contribution in [3.63, 3.8) is 0 Å². The van der Waals surface area contributed by atoms with Gasteiger partial charge in [-0.2, -0.15) is 0 Å². The first kappa shape index (κ1) is 20.3. The third-order valence-electron chi connectivity index (χ3n) is 4.56. The lowest BCUT2D eigenvalue weighted by molar-refractivity contribution is -0.384. The number of ether oxygens (including phenoxy) is 1. The van der Waals surface area contributed by atoms with E-state index in [1.165, 1.54) is 25.1 Å². The van der Waals surface area contributed by atoms with Crippen molar-refractivity contribution in [3.05, 3.63) is 39.9 Å². The average molecular weight is 379 g/mol. The minimum Gasteiger partial charge on any atom is -0.481 e. The quantitative estimate of drug-likeness (QED) is 0.467. The number of aliphatic carboxylic acids is 1. The predicted octanol–water partition coefficient (Wildman–Crippen LogP) is 0.711. The lowest BCUT2D eigenvalue weighted by Gasteiger charge is -2.33. The molecule has 2 amide bonds. The number of nitro benzene ring substituents is 1. The van der Waals surface area contributed by atoms with Crippen molar-refractivity contribution in [1.29, 1.82) is 0 Å². The molecule has 1 aromatic rings. The normalized spacial score (nSPS) is 16.8. The number of hydrogen-bond donors (Lipinski definition) is 3. The van der Waals surface area contributed by atoms with E-state index in [4.69, 9.17) is 4.74 Å². The molecule has 0 aromatic heterocycles. The number of non-ortho nitro benzene ring substituents is 1. The van der Waals surface area contributed by atoms with Gasteiger partial charge in [-0.1, -0.05) is 6.07 Å². The number of carbonyl (C=O) groups excluding carboxylic acids is 2. The molecule has 0 saturated carbocycles. The van der Waals surface area contributed by atoms with E-state index in [-0.39, 0.29) is 30.6 Å². The molecular weight excluding hydrogens is 358 g/mol. The minimum atomic E-state index is -1.09. The maximum atomic E-state index is 12.2.